The fourth-order valence-electron chi connectivity index (χ4n) is 3.47. The van der Waals surface area contributed by atoms with Crippen molar-refractivity contribution in [2.24, 2.45) is 0 Å². The van der Waals surface area contributed by atoms with Gasteiger partial charge in [0.15, 0.2) is 11.5 Å². The SMILES string of the molecule is O=C(NC[C@H]1CCCO1)N1CCC[C@H]1c1nnc2ccccn12. The number of nitrogens with one attached hydrogen (secondary N) is 1. The molecule has 4 heterocycles. The Bertz CT molecular complexity index is 695. The summed E-state index contributed by atoms with van der Waals surface area (Å²) in [6.45, 7) is 2.14. The first-order valence-electron chi connectivity index (χ1n) is 8.28. The number of fused-ring (bicyclic) bond motifs is 1. The van der Waals surface area contributed by atoms with Crippen LogP contribution in [0.1, 0.15) is 37.5 Å². The molecule has 2 atom stereocenters. The molecule has 2 aromatic heterocycles. The number of ether oxygens (including phenoxy) is 1. The molecule has 2 fully saturated rings. The van der Waals surface area contributed by atoms with Crippen molar-refractivity contribution in [3.05, 3.63) is 30.2 Å². The van der Waals surface area contributed by atoms with E-state index in [2.05, 4.69) is 15.5 Å². The number of likely N-dealkylation sites (tertiary alicyclic amines) is 1. The molecular formula is C16H21N5O2. The zero-order chi connectivity index (χ0) is 15.6. The Morgan fingerprint density at radius 3 is 3.13 bits per heavy atom. The van der Waals surface area contributed by atoms with Gasteiger partial charge in [-0.25, -0.2) is 4.79 Å². The predicted molar refractivity (Wildman–Crippen MR) is 84.0 cm³/mol. The number of rotatable bonds is 3. The standard InChI is InChI=1S/C16H21N5O2/c22-16(17-11-12-5-4-10-23-12)20-9-3-6-13(20)15-19-18-14-7-1-2-8-21(14)15/h1-2,7-8,12-13H,3-6,9-11H2,(H,17,22)/t12-,13+/m1/s1. The number of hydrogen-bond acceptors (Lipinski definition) is 4. The van der Waals surface area contributed by atoms with Crippen LogP contribution in [0, 0.1) is 0 Å². The predicted octanol–water partition coefficient (Wildman–Crippen LogP) is 1.75. The first kappa shape index (κ1) is 14.4. The average Bonchev–Trinajstić information content (AvgIpc) is 3.31. The van der Waals surface area contributed by atoms with Crippen molar-refractivity contribution in [1.29, 1.82) is 0 Å². The Kier molecular flexibility index (Phi) is 3.87. The normalized spacial score (nSPS) is 24.4. The summed E-state index contributed by atoms with van der Waals surface area (Å²) in [4.78, 5) is 14.4. The summed E-state index contributed by atoms with van der Waals surface area (Å²) >= 11 is 0. The number of hydrogen-bond donors (Lipinski definition) is 1. The summed E-state index contributed by atoms with van der Waals surface area (Å²) < 4.78 is 7.53. The average molecular weight is 315 g/mol. The molecule has 2 aliphatic rings. The van der Waals surface area contributed by atoms with Gasteiger partial charge in [-0.05, 0) is 37.8 Å². The molecular weight excluding hydrogens is 294 g/mol. The van der Waals surface area contributed by atoms with E-state index in [0.29, 0.717) is 6.54 Å². The third kappa shape index (κ3) is 2.76. The van der Waals surface area contributed by atoms with Gasteiger partial charge in [0.1, 0.15) is 0 Å². The maximum Gasteiger partial charge on any atom is 0.318 e. The number of carbonyl (C=O) groups excluding carboxylic acids is 1. The molecule has 2 aliphatic heterocycles. The van der Waals surface area contributed by atoms with E-state index in [-0.39, 0.29) is 18.2 Å². The molecule has 2 aromatic rings. The minimum atomic E-state index is -0.0318. The lowest BCUT2D eigenvalue weighted by atomic mass is 10.2. The number of nitrogens with zero attached hydrogens (tertiary/aromatic N) is 4. The van der Waals surface area contributed by atoms with E-state index in [1.807, 2.05) is 33.7 Å². The molecule has 1 N–H and O–H groups in total. The Balaban J connectivity index is 1.48. The van der Waals surface area contributed by atoms with Gasteiger partial charge in [-0.1, -0.05) is 6.07 Å². The molecule has 2 amide bonds. The second-order valence-corrected chi connectivity index (χ2v) is 6.16. The van der Waals surface area contributed by atoms with E-state index < -0.39 is 0 Å². The van der Waals surface area contributed by atoms with E-state index in [1.165, 1.54) is 0 Å². The van der Waals surface area contributed by atoms with Crippen molar-refractivity contribution in [1.82, 2.24) is 24.8 Å². The van der Waals surface area contributed by atoms with Crippen LogP contribution in [0.3, 0.4) is 0 Å². The zero-order valence-electron chi connectivity index (χ0n) is 13.0. The quantitative estimate of drug-likeness (QED) is 0.937. The highest BCUT2D eigenvalue weighted by molar-refractivity contribution is 5.75. The van der Waals surface area contributed by atoms with Crippen molar-refractivity contribution >= 4 is 11.7 Å². The van der Waals surface area contributed by atoms with E-state index in [9.17, 15) is 4.79 Å². The van der Waals surface area contributed by atoms with E-state index in [1.54, 1.807) is 0 Å². The minimum Gasteiger partial charge on any atom is -0.376 e. The van der Waals surface area contributed by atoms with Crippen molar-refractivity contribution in [3.8, 4) is 0 Å². The summed E-state index contributed by atoms with van der Waals surface area (Å²) in [5.74, 6) is 0.838. The number of urea groups is 1. The third-order valence-corrected chi connectivity index (χ3v) is 4.66. The molecule has 0 spiro atoms. The highest BCUT2D eigenvalue weighted by Crippen LogP contribution is 2.30. The highest BCUT2D eigenvalue weighted by Gasteiger charge is 2.33. The molecule has 7 nitrogen and oxygen atoms in total. The monoisotopic (exact) mass is 315 g/mol. The van der Waals surface area contributed by atoms with Gasteiger partial charge >= 0.3 is 6.03 Å². The van der Waals surface area contributed by atoms with E-state index in [4.69, 9.17) is 4.74 Å². The molecule has 0 aromatic carbocycles. The van der Waals surface area contributed by atoms with E-state index in [0.717, 1.165) is 50.3 Å². The number of aromatic nitrogens is 3. The summed E-state index contributed by atoms with van der Waals surface area (Å²) in [7, 11) is 0. The summed E-state index contributed by atoms with van der Waals surface area (Å²) in [6, 6.07) is 5.77. The van der Waals surface area contributed by atoms with Gasteiger partial charge in [0.05, 0.1) is 12.1 Å². The lowest BCUT2D eigenvalue weighted by molar-refractivity contribution is 0.108. The Hall–Kier alpha value is -2.15. The van der Waals surface area contributed by atoms with E-state index >= 15 is 0 Å². The number of carbonyl (C=O) groups is 1. The minimum absolute atomic E-state index is 0.0168. The molecule has 0 unspecified atom stereocenters. The summed E-state index contributed by atoms with van der Waals surface area (Å²) in [5, 5.41) is 11.5. The number of amides is 2. The third-order valence-electron chi connectivity index (χ3n) is 4.66. The molecule has 7 heteroatoms. The van der Waals surface area contributed by atoms with Crippen molar-refractivity contribution in [2.75, 3.05) is 19.7 Å². The molecule has 122 valence electrons. The van der Waals surface area contributed by atoms with Crippen LogP contribution in [0.25, 0.3) is 5.65 Å². The van der Waals surface area contributed by atoms with Gasteiger partial charge in [-0.15, -0.1) is 10.2 Å². The van der Waals surface area contributed by atoms with Gasteiger partial charge in [0.25, 0.3) is 0 Å². The molecule has 0 saturated carbocycles. The highest BCUT2D eigenvalue weighted by atomic mass is 16.5. The topological polar surface area (TPSA) is 71.8 Å². The Morgan fingerprint density at radius 2 is 2.26 bits per heavy atom. The van der Waals surface area contributed by atoms with Gasteiger partial charge in [0.2, 0.25) is 0 Å². The molecule has 0 radical (unpaired) electrons. The lowest BCUT2D eigenvalue weighted by Crippen LogP contribution is -2.42. The van der Waals surface area contributed by atoms with Gasteiger partial charge in [0, 0.05) is 25.9 Å². The Morgan fingerprint density at radius 1 is 1.30 bits per heavy atom. The smallest absolute Gasteiger partial charge is 0.318 e. The van der Waals surface area contributed by atoms with Crippen LogP contribution in [0.15, 0.2) is 24.4 Å². The van der Waals surface area contributed by atoms with Gasteiger partial charge in [-0.3, -0.25) is 4.40 Å². The van der Waals surface area contributed by atoms with Crippen LogP contribution < -0.4 is 5.32 Å². The van der Waals surface area contributed by atoms with Crippen molar-refractivity contribution in [2.45, 2.75) is 37.8 Å². The first-order valence-corrected chi connectivity index (χ1v) is 8.28. The van der Waals surface area contributed by atoms with Crippen LogP contribution in [0.2, 0.25) is 0 Å². The van der Waals surface area contributed by atoms with Gasteiger partial charge < -0.3 is 15.0 Å². The summed E-state index contributed by atoms with van der Waals surface area (Å²) in [6.07, 6.45) is 6.12. The fraction of sp³-hybridized carbons (Fsp3) is 0.562. The maximum absolute atomic E-state index is 12.5. The second-order valence-electron chi connectivity index (χ2n) is 6.16. The van der Waals surface area contributed by atoms with Gasteiger partial charge in [-0.2, -0.15) is 0 Å². The van der Waals surface area contributed by atoms with Crippen LogP contribution >= 0.6 is 0 Å². The molecule has 0 aliphatic carbocycles. The van der Waals surface area contributed by atoms with Crippen LogP contribution in [-0.2, 0) is 4.74 Å². The van der Waals surface area contributed by atoms with Crippen molar-refractivity contribution in [3.63, 3.8) is 0 Å². The van der Waals surface area contributed by atoms with Crippen LogP contribution in [0.4, 0.5) is 4.79 Å². The van der Waals surface area contributed by atoms with Crippen molar-refractivity contribution < 1.29 is 9.53 Å². The maximum atomic E-state index is 12.5. The summed E-state index contributed by atoms with van der Waals surface area (Å²) in [5.41, 5.74) is 0.814. The molecule has 2 saturated heterocycles. The van der Waals surface area contributed by atoms with Crippen LogP contribution in [0.5, 0.6) is 0 Å². The molecule has 4 rings (SSSR count). The molecule has 0 bridgehead atoms. The number of pyridine rings is 1. The fourth-order valence-corrected chi connectivity index (χ4v) is 3.47. The van der Waals surface area contributed by atoms with Crippen LogP contribution in [-0.4, -0.2) is 51.3 Å². The molecule has 23 heavy (non-hydrogen) atoms. The zero-order valence-corrected chi connectivity index (χ0v) is 13.0. The lowest BCUT2D eigenvalue weighted by Gasteiger charge is -2.24. The largest absolute Gasteiger partial charge is 0.376 e. The Labute approximate surface area is 134 Å². The second kappa shape index (κ2) is 6.16. The first-order chi connectivity index (χ1) is 11.3.